The summed E-state index contributed by atoms with van der Waals surface area (Å²) in [6, 6.07) is 71.9. The van der Waals surface area contributed by atoms with Gasteiger partial charge >= 0.3 is 0 Å². The van der Waals surface area contributed by atoms with Gasteiger partial charge in [0.15, 0.2) is 0 Å². The third-order valence-electron chi connectivity index (χ3n) is 15.4. The van der Waals surface area contributed by atoms with Crippen LogP contribution in [0.15, 0.2) is 198 Å². The number of rotatable bonds is 8. The SMILES string of the molecule is CC(C)(C)c1cccc(N2c3cc(C(C)(C)C)ccc3B3c4cc(C(C)(C)c5ccccc5)ccc4N(c4ccc(C(C)(C)c5ccccc5)cc4)c4cc(S(C)(C)c5ccccc5)cc2c43)c1. The van der Waals surface area contributed by atoms with Crippen molar-refractivity contribution < 1.29 is 0 Å². The van der Waals surface area contributed by atoms with Crippen molar-refractivity contribution in [3.8, 4) is 0 Å². The summed E-state index contributed by atoms with van der Waals surface area (Å²) in [6.45, 7) is 23.4. The maximum atomic E-state index is 2.63. The minimum atomic E-state index is -1.49. The molecular formula is C64H67BN2S. The Labute approximate surface area is 409 Å². The van der Waals surface area contributed by atoms with E-state index < -0.39 is 10.0 Å². The van der Waals surface area contributed by atoms with Gasteiger partial charge in [0.25, 0.3) is 6.71 Å². The molecule has 2 heterocycles. The second kappa shape index (κ2) is 16.5. The van der Waals surface area contributed by atoms with Crippen LogP contribution in [0.2, 0.25) is 0 Å². The topological polar surface area (TPSA) is 6.48 Å². The third-order valence-corrected chi connectivity index (χ3v) is 18.2. The molecule has 0 atom stereocenters. The van der Waals surface area contributed by atoms with Gasteiger partial charge < -0.3 is 9.80 Å². The average Bonchev–Trinajstić information content (AvgIpc) is 3.33. The van der Waals surface area contributed by atoms with Crippen LogP contribution in [0, 0.1) is 0 Å². The zero-order valence-electron chi connectivity index (χ0n) is 42.3. The van der Waals surface area contributed by atoms with Gasteiger partial charge in [-0.3, -0.25) is 0 Å². The van der Waals surface area contributed by atoms with Gasteiger partial charge in [0.2, 0.25) is 0 Å². The van der Waals surface area contributed by atoms with E-state index in [1.165, 1.54) is 88.0 Å². The fourth-order valence-corrected chi connectivity index (χ4v) is 12.7. The highest BCUT2D eigenvalue weighted by molar-refractivity contribution is 8.32. The minimum absolute atomic E-state index is 0.0102. The molecule has 10 rings (SSSR count). The quantitative estimate of drug-likeness (QED) is 0.140. The number of hydrogen-bond acceptors (Lipinski definition) is 2. The second-order valence-corrected chi connectivity index (χ2v) is 26.3. The number of hydrogen-bond donors (Lipinski definition) is 0. The molecule has 0 saturated heterocycles. The van der Waals surface area contributed by atoms with Gasteiger partial charge in [0.05, 0.1) is 0 Å². The minimum Gasteiger partial charge on any atom is -0.311 e. The molecule has 2 aliphatic rings. The van der Waals surface area contributed by atoms with E-state index in [1.54, 1.807) is 0 Å². The molecule has 8 aromatic carbocycles. The van der Waals surface area contributed by atoms with Crippen LogP contribution >= 0.6 is 10.0 Å². The van der Waals surface area contributed by atoms with Crippen LogP contribution in [0.4, 0.5) is 34.1 Å². The normalized spacial score (nSPS) is 14.0. The molecule has 342 valence electrons. The lowest BCUT2D eigenvalue weighted by Gasteiger charge is -2.46. The van der Waals surface area contributed by atoms with Crippen LogP contribution < -0.4 is 26.2 Å². The Kier molecular flexibility index (Phi) is 11.0. The van der Waals surface area contributed by atoms with Crippen LogP contribution in [0.5, 0.6) is 0 Å². The van der Waals surface area contributed by atoms with Gasteiger partial charge in [0.1, 0.15) is 0 Å². The molecule has 68 heavy (non-hydrogen) atoms. The number of nitrogens with zero attached hydrogens (tertiary/aromatic N) is 2. The fourth-order valence-electron chi connectivity index (χ4n) is 10.8. The van der Waals surface area contributed by atoms with Gasteiger partial charge in [0, 0.05) is 45.0 Å². The molecule has 0 aromatic heterocycles. The molecule has 8 aromatic rings. The Bertz CT molecular complexity index is 3160. The number of anilines is 6. The molecule has 2 nitrogen and oxygen atoms in total. The Morgan fingerprint density at radius 2 is 0.809 bits per heavy atom. The summed E-state index contributed by atoms with van der Waals surface area (Å²) < 4.78 is 0. The molecule has 0 aliphatic carbocycles. The Hall–Kier alpha value is -6.23. The lowest BCUT2D eigenvalue weighted by atomic mass is 9.33. The molecule has 0 fully saturated rings. The summed E-state index contributed by atoms with van der Waals surface area (Å²) in [5.41, 5.74) is 18.8. The van der Waals surface area contributed by atoms with Gasteiger partial charge in [-0.15, -0.1) is 0 Å². The van der Waals surface area contributed by atoms with E-state index in [-0.39, 0.29) is 28.4 Å². The smallest absolute Gasteiger partial charge is 0.252 e. The second-order valence-electron chi connectivity index (χ2n) is 22.7. The third kappa shape index (κ3) is 7.70. The molecule has 2 aliphatic heterocycles. The zero-order chi connectivity index (χ0) is 48.0. The van der Waals surface area contributed by atoms with E-state index in [2.05, 4.69) is 280 Å². The largest absolute Gasteiger partial charge is 0.311 e. The summed E-state index contributed by atoms with van der Waals surface area (Å²) in [6.07, 6.45) is 4.96. The highest BCUT2D eigenvalue weighted by Crippen LogP contribution is 2.59. The summed E-state index contributed by atoms with van der Waals surface area (Å²) in [4.78, 5) is 7.97. The van der Waals surface area contributed by atoms with Crippen molar-refractivity contribution in [1.82, 2.24) is 0 Å². The molecule has 0 unspecified atom stereocenters. The van der Waals surface area contributed by atoms with Gasteiger partial charge in [-0.1, -0.05) is 197 Å². The first-order valence-electron chi connectivity index (χ1n) is 24.4. The van der Waals surface area contributed by atoms with Crippen molar-refractivity contribution in [1.29, 1.82) is 0 Å². The molecule has 0 spiro atoms. The predicted octanol–water partition coefficient (Wildman–Crippen LogP) is 15.5. The Morgan fingerprint density at radius 3 is 1.38 bits per heavy atom. The lowest BCUT2D eigenvalue weighted by Crippen LogP contribution is -2.61. The monoisotopic (exact) mass is 907 g/mol. The van der Waals surface area contributed by atoms with Crippen LogP contribution in [-0.4, -0.2) is 19.2 Å². The van der Waals surface area contributed by atoms with E-state index >= 15 is 0 Å². The summed E-state index contributed by atoms with van der Waals surface area (Å²) in [5.74, 6) is 0. The first-order chi connectivity index (χ1) is 32.3. The van der Waals surface area contributed by atoms with Gasteiger partial charge in [-0.2, -0.15) is 10.0 Å². The summed E-state index contributed by atoms with van der Waals surface area (Å²) in [5, 5.41) is 0. The van der Waals surface area contributed by atoms with Gasteiger partial charge in [-0.05, 0) is 144 Å². The van der Waals surface area contributed by atoms with Gasteiger partial charge in [-0.25, -0.2) is 0 Å². The van der Waals surface area contributed by atoms with E-state index in [4.69, 9.17) is 0 Å². The highest BCUT2D eigenvalue weighted by Gasteiger charge is 2.45. The molecular weight excluding hydrogens is 840 g/mol. The summed E-state index contributed by atoms with van der Waals surface area (Å²) in [7, 11) is -1.49. The van der Waals surface area contributed by atoms with Crippen LogP contribution in [-0.2, 0) is 21.7 Å². The van der Waals surface area contributed by atoms with E-state index in [0.717, 1.165) is 5.69 Å². The van der Waals surface area contributed by atoms with E-state index in [9.17, 15) is 0 Å². The van der Waals surface area contributed by atoms with E-state index in [1.807, 2.05) is 0 Å². The molecule has 0 amide bonds. The first-order valence-corrected chi connectivity index (χ1v) is 26.9. The van der Waals surface area contributed by atoms with Crippen molar-refractivity contribution in [2.24, 2.45) is 0 Å². The van der Waals surface area contributed by atoms with Crippen molar-refractivity contribution >= 4 is 67.3 Å². The summed E-state index contributed by atoms with van der Waals surface area (Å²) >= 11 is 0. The van der Waals surface area contributed by atoms with Crippen molar-refractivity contribution in [3.05, 3.63) is 221 Å². The maximum absolute atomic E-state index is 2.63. The molecule has 4 heteroatoms. The molecule has 0 N–H and O–H groups in total. The van der Waals surface area contributed by atoms with Crippen LogP contribution in [0.25, 0.3) is 0 Å². The maximum Gasteiger partial charge on any atom is 0.252 e. The predicted molar refractivity (Wildman–Crippen MR) is 297 cm³/mol. The number of fused-ring (bicyclic) bond motifs is 4. The van der Waals surface area contributed by atoms with Crippen LogP contribution in [0.1, 0.15) is 103 Å². The molecule has 0 radical (unpaired) electrons. The first kappa shape index (κ1) is 45.6. The van der Waals surface area contributed by atoms with Crippen molar-refractivity contribution in [2.75, 3.05) is 22.3 Å². The highest BCUT2D eigenvalue weighted by atomic mass is 32.3. The standard InChI is InChI=1S/C64H67BN2S/c1-61(2,3)47-27-22-28-51(39-47)67-57-41-48(62(4,5)6)33-37-54(57)65-55-40-49(64(9,10)45-25-18-14-19-26-45)34-38-56(55)66(50-35-31-46(32-36-50)63(7,8)44-23-16-13-17-24-44)58-42-53(43-59(67)60(58)65)68(11,12)52-29-20-15-21-30-52/h13-43H,1-12H3. The zero-order valence-corrected chi connectivity index (χ0v) is 43.1. The molecule has 0 bridgehead atoms. The Morgan fingerprint density at radius 1 is 0.338 bits per heavy atom. The fraction of sp³-hybridized carbons (Fsp3) is 0.250. The lowest BCUT2D eigenvalue weighted by molar-refractivity contribution is 0.590. The van der Waals surface area contributed by atoms with Crippen molar-refractivity contribution in [3.63, 3.8) is 0 Å². The average molecular weight is 907 g/mol. The number of benzene rings is 8. The Balaban J connectivity index is 1.30. The van der Waals surface area contributed by atoms with Crippen LogP contribution in [0.3, 0.4) is 0 Å². The van der Waals surface area contributed by atoms with Crippen molar-refractivity contribution in [2.45, 2.75) is 101 Å². The van der Waals surface area contributed by atoms with E-state index in [0.29, 0.717) is 0 Å². The molecule has 0 saturated carbocycles.